The SMILES string of the molecule is C.C.CC(C)(C)Cc1ccccc1.CC(C)(C)Oc1ccc(F)cc1. The Hall–Kier alpha value is -1.83. The fourth-order valence-electron chi connectivity index (χ4n) is 2.06. The van der Waals surface area contributed by atoms with Gasteiger partial charge in [-0.05, 0) is 62.4 Å². The Bertz CT molecular complexity index is 560. The van der Waals surface area contributed by atoms with Crippen molar-refractivity contribution in [2.24, 2.45) is 5.41 Å². The third-order valence-corrected chi connectivity index (χ3v) is 2.81. The second kappa shape index (κ2) is 10.9. The molecular formula is C23H37FO. The lowest BCUT2D eigenvalue weighted by molar-refractivity contribution is 0.131. The number of rotatable bonds is 2. The van der Waals surface area contributed by atoms with Crippen molar-refractivity contribution in [1.82, 2.24) is 0 Å². The topological polar surface area (TPSA) is 9.23 Å². The molecule has 0 atom stereocenters. The van der Waals surface area contributed by atoms with Crippen molar-refractivity contribution >= 4 is 0 Å². The molecule has 0 heterocycles. The number of ether oxygens (including phenoxy) is 1. The molecule has 0 aliphatic rings. The molecule has 0 unspecified atom stereocenters. The highest BCUT2D eigenvalue weighted by molar-refractivity contribution is 5.22. The molecule has 0 radical (unpaired) electrons. The molecule has 2 aromatic carbocycles. The number of benzene rings is 2. The molecule has 142 valence electrons. The van der Waals surface area contributed by atoms with Gasteiger partial charge in [0.15, 0.2) is 0 Å². The average Bonchev–Trinajstić information content (AvgIpc) is 2.40. The van der Waals surface area contributed by atoms with Crippen LogP contribution in [0.5, 0.6) is 5.75 Å². The zero-order chi connectivity index (χ0) is 17.5. The highest BCUT2D eigenvalue weighted by Gasteiger charge is 2.11. The maximum atomic E-state index is 12.5. The van der Waals surface area contributed by atoms with Crippen LogP contribution in [0.15, 0.2) is 54.6 Å². The smallest absolute Gasteiger partial charge is 0.123 e. The Morgan fingerprint density at radius 1 is 0.760 bits per heavy atom. The highest BCUT2D eigenvalue weighted by atomic mass is 19.1. The van der Waals surface area contributed by atoms with E-state index < -0.39 is 0 Å². The molecule has 0 N–H and O–H groups in total. The third-order valence-electron chi connectivity index (χ3n) is 2.81. The predicted octanol–water partition coefficient (Wildman–Crippen LogP) is 7.55. The summed E-state index contributed by atoms with van der Waals surface area (Å²) in [4.78, 5) is 0. The molecule has 1 nitrogen and oxygen atoms in total. The van der Waals surface area contributed by atoms with Gasteiger partial charge in [-0.2, -0.15) is 0 Å². The fourth-order valence-corrected chi connectivity index (χ4v) is 2.06. The van der Waals surface area contributed by atoms with E-state index in [1.54, 1.807) is 12.1 Å². The Kier molecular flexibility index (Phi) is 11.1. The Labute approximate surface area is 155 Å². The molecule has 0 fully saturated rings. The Balaban J connectivity index is 0. The number of hydrogen-bond donors (Lipinski definition) is 0. The van der Waals surface area contributed by atoms with E-state index in [0.29, 0.717) is 11.2 Å². The summed E-state index contributed by atoms with van der Waals surface area (Å²) in [5, 5.41) is 0. The lowest BCUT2D eigenvalue weighted by Gasteiger charge is -2.20. The minimum absolute atomic E-state index is 0. The molecule has 0 aliphatic carbocycles. The normalized spacial score (nSPS) is 10.5. The highest BCUT2D eigenvalue weighted by Crippen LogP contribution is 2.20. The van der Waals surface area contributed by atoms with Gasteiger partial charge in [-0.3, -0.25) is 0 Å². The summed E-state index contributed by atoms with van der Waals surface area (Å²) in [7, 11) is 0. The van der Waals surface area contributed by atoms with Crippen LogP contribution in [0.25, 0.3) is 0 Å². The fraction of sp³-hybridized carbons (Fsp3) is 0.478. The largest absolute Gasteiger partial charge is 0.488 e. The molecular weight excluding hydrogens is 311 g/mol. The minimum atomic E-state index is -0.240. The van der Waals surface area contributed by atoms with Crippen molar-refractivity contribution in [3.8, 4) is 5.75 Å². The van der Waals surface area contributed by atoms with E-state index in [1.165, 1.54) is 17.7 Å². The van der Waals surface area contributed by atoms with Crippen molar-refractivity contribution in [2.75, 3.05) is 0 Å². The Morgan fingerprint density at radius 2 is 1.24 bits per heavy atom. The van der Waals surface area contributed by atoms with E-state index in [0.717, 1.165) is 6.42 Å². The number of hydrogen-bond acceptors (Lipinski definition) is 1. The van der Waals surface area contributed by atoms with Gasteiger partial charge < -0.3 is 4.74 Å². The molecule has 0 saturated carbocycles. The van der Waals surface area contributed by atoms with Crippen LogP contribution in [0.4, 0.5) is 4.39 Å². The molecule has 0 aromatic heterocycles. The van der Waals surface area contributed by atoms with E-state index in [2.05, 4.69) is 51.1 Å². The summed E-state index contributed by atoms with van der Waals surface area (Å²) in [5.74, 6) is 0.458. The summed E-state index contributed by atoms with van der Waals surface area (Å²) in [6.45, 7) is 12.7. The first-order valence-corrected chi connectivity index (χ1v) is 8.04. The molecule has 0 aliphatic heterocycles. The van der Waals surface area contributed by atoms with Crippen molar-refractivity contribution in [2.45, 2.75) is 68.4 Å². The molecule has 2 aromatic rings. The van der Waals surface area contributed by atoms with Crippen LogP contribution in [0.1, 0.15) is 62.0 Å². The van der Waals surface area contributed by atoms with Crippen LogP contribution < -0.4 is 4.74 Å². The van der Waals surface area contributed by atoms with E-state index in [1.807, 2.05) is 20.8 Å². The summed E-state index contributed by atoms with van der Waals surface area (Å²) >= 11 is 0. The summed E-state index contributed by atoms with van der Waals surface area (Å²) < 4.78 is 18.0. The van der Waals surface area contributed by atoms with Gasteiger partial charge in [0.05, 0.1) is 0 Å². The minimum Gasteiger partial charge on any atom is -0.488 e. The maximum absolute atomic E-state index is 12.5. The first-order chi connectivity index (χ1) is 10.6. The summed E-state index contributed by atoms with van der Waals surface area (Å²) in [6, 6.07) is 16.7. The second-order valence-electron chi connectivity index (χ2n) is 7.89. The Morgan fingerprint density at radius 3 is 1.64 bits per heavy atom. The van der Waals surface area contributed by atoms with E-state index in [4.69, 9.17) is 4.74 Å². The standard InChI is InChI=1S/C11H16.C10H13FO.2CH4/c1-11(2,3)9-10-7-5-4-6-8-10;1-10(2,3)12-9-6-4-8(11)5-7-9;;/h4-8H,9H2,1-3H3;4-7H,1-3H3;2*1H4. The van der Waals surface area contributed by atoms with Gasteiger partial charge in [0.2, 0.25) is 0 Å². The molecule has 2 heteroatoms. The predicted molar refractivity (Wildman–Crippen MR) is 110 cm³/mol. The molecule has 0 spiro atoms. The maximum Gasteiger partial charge on any atom is 0.123 e. The molecule has 2 rings (SSSR count). The van der Waals surface area contributed by atoms with Gasteiger partial charge in [0.1, 0.15) is 17.2 Å². The lowest BCUT2D eigenvalue weighted by atomic mass is 9.88. The quantitative estimate of drug-likeness (QED) is 0.544. The van der Waals surface area contributed by atoms with Gasteiger partial charge in [-0.1, -0.05) is 66.0 Å². The van der Waals surface area contributed by atoms with E-state index >= 15 is 0 Å². The van der Waals surface area contributed by atoms with Crippen LogP contribution in [-0.4, -0.2) is 5.60 Å². The van der Waals surface area contributed by atoms with Crippen LogP contribution in [0.2, 0.25) is 0 Å². The van der Waals surface area contributed by atoms with E-state index in [-0.39, 0.29) is 26.3 Å². The first kappa shape index (κ1) is 25.4. The van der Waals surface area contributed by atoms with Crippen LogP contribution in [0.3, 0.4) is 0 Å². The van der Waals surface area contributed by atoms with E-state index in [9.17, 15) is 4.39 Å². The first-order valence-electron chi connectivity index (χ1n) is 8.04. The van der Waals surface area contributed by atoms with Crippen molar-refractivity contribution < 1.29 is 9.13 Å². The molecule has 0 bridgehead atoms. The van der Waals surface area contributed by atoms with Crippen molar-refractivity contribution in [1.29, 1.82) is 0 Å². The van der Waals surface area contributed by atoms with Gasteiger partial charge in [0.25, 0.3) is 0 Å². The molecule has 0 saturated heterocycles. The molecule has 25 heavy (non-hydrogen) atoms. The van der Waals surface area contributed by atoms with Gasteiger partial charge in [-0.15, -0.1) is 0 Å². The van der Waals surface area contributed by atoms with Gasteiger partial charge in [0, 0.05) is 0 Å². The second-order valence-corrected chi connectivity index (χ2v) is 7.89. The van der Waals surface area contributed by atoms with Crippen LogP contribution in [0, 0.1) is 11.2 Å². The molecule has 0 amide bonds. The third kappa shape index (κ3) is 13.2. The van der Waals surface area contributed by atoms with Gasteiger partial charge in [-0.25, -0.2) is 4.39 Å². The van der Waals surface area contributed by atoms with Crippen molar-refractivity contribution in [3.05, 3.63) is 66.0 Å². The zero-order valence-electron chi connectivity index (χ0n) is 15.2. The monoisotopic (exact) mass is 348 g/mol. The van der Waals surface area contributed by atoms with Crippen molar-refractivity contribution in [3.63, 3.8) is 0 Å². The average molecular weight is 349 g/mol. The van der Waals surface area contributed by atoms with Crippen LogP contribution in [-0.2, 0) is 6.42 Å². The summed E-state index contributed by atoms with van der Waals surface area (Å²) in [6.07, 6.45) is 1.16. The summed E-state index contributed by atoms with van der Waals surface area (Å²) in [5.41, 5.74) is 1.61. The van der Waals surface area contributed by atoms with Gasteiger partial charge >= 0.3 is 0 Å². The van der Waals surface area contributed by atoms with Crippen LogP contribution >= 0.6 is 0 Å². The lowest BCUT2D eigenvalue weighted by Crippen LogP contribution is -2.22. The number of halogens is 1. The zero-order valence-corrected chi connectivity index (χ0v) is 15.2.